The summed E-state index contributed by atoms with van der Waals surface area (Å²) in [6, 6.07) is -0.403. The molecule has 0 aromatic rings. The molecule has 1 rings (SSSR count). The van der Waals surface area contributed by atoms with Crippen molar-refractivity contribution in [3.8, 4) is 0 Å². The van der Waals surface area contributed by atoms with Gasteiger partial charge in [-0.3, -0.25) is 4.79 Å². The van der Waals surface area contributed by atoms with Crippen LogP contribution in [0.25, 0.3) is 0 Å². The Hall–Kier alpha value is -0.545. The molecule has 0 amide bonds. The molecule has 1 radical (unpaired) electrons. The number of carboxylic acid groups (broad SMARTS) is 1. The highest BCUT2D eigenvalue weighted by Gasteiger charge is 2.39. The van der Waals surface area contributed by atoms with Gasteiger partial charge in [0.15, 0.2) is 0 Å². The van der Waals surface area contributed by atoms with Crippen LogP contribution in [0.15, 0.2) is 0 Å². The molecule has 0 saturated carbocycles. The zero-order chi connectivity index (χ0) is 15.7. The lowest BCUT2D eigenvalue weighted by atomic mass is 9.79. The molecule has 0 aromatic carbocycles. The molecule has 0 bridgehead atoms. The van der Waals surface area contributed by atoms with Gasteiger partial charge >= 0.3 is 5.97 Å². The van der Waals surface area contributed by atoms with E-state index in [2.05, 4.69) is 19.2 Å². The monoisotopic (exact) mass is 296 g/mol. The van der Waals surface area contributed by atoms with Crippen molar-refractivity contribution in [3.63, 3.8) is 0 Å². The van der Waals surface area contributed by atoms with Crippen LogP contribution >= 0.6 is 0 Å². The lowest BCUT2D eigenvalue weighted by Gasteiger charge is -2.23. The summed E-state index contributed by atoms with van der Waals surface area (Å²) < 4.78 is 0. The zero-order valence-electron chi connectivity index (χ0n) is 13.6. The second-order valence-electron chi connectivity index (χ2n) is 6.40. The smallest absolute Gasteiger partial charge is 0.320 e. The highest BCUT2D eigenvalue weighted by molar-refractivity contribution is 6.25. The molecule has 0 aromatic heterocycles. The molecule has 3 N–H and O–H groups in total. The summed E-state index contributed by atoms with van der Waals surface area (Å²) in [7, 11) is 1.18. The fourth-order valence-corrected chi connectivity index (χ4v) is 3.70. The molecule has 0 spiro atoms. The van der Waals surface area contributed by atoms with Gasteiger partial charge in [-0.05, 0) is 37.1 Å². The maximum Gasteiger partial charge on any atom is 0.320 e. The molecule has 1 aliphatic rings. The summed E-state index contributed by atoms with van der Waals surface area (Å²) in [6.07, 6.45) is 8.49. The van der Waals surface area contributed by atoms with Crippen LogP contribution in [0.2, 0.25) is 6.32 Å². The lowest BCUT2D eigenvalue weighted by Crippen LogP contribution is -2.35. The fraction of sp³-hybridized carbons (Fsp3) is 0.938. The van der Waals surface area contributed by atoms with Gasteiger partial charge in [0.1, 0.15) is 6.04 Å². The van der Waals surface area contributed by atoms with Crippen molar-refractivity contribution >= 4 is 13.5 Å². The maximum atomic E-state index is 11.4. The second kappa shape index (κ2) is 10.2. The first-order chi connectivity index (χ1) is 10.1. The maximum absolute atomic E-state index is 11.4. The fourth-order valence-electron chi connectivity index (χ4n) is 3.70. The van der Waals surface area contributed by atoms with E-state index < -0.39 is 12.0 Å². The molecular formula is C16H31BNO3. The van der Waals surface area contributed by atoms with Crippen molar-refractivity contribution in [2.24, 2.45) is 17.8 Å². The van der Waals surface area contributed by atoms with Crippen LogP contribution < -0.4 is 5.32 Å². The third kappa shape index (κ3) is 5.99. The first kappa shape index (κ1) is 18.5. The van der Waals surface area contributed by atoms with Crippen LogP contribution in [0.1, 0.15) is 58.8 Å². The first-order valence-electron chi connectivity index (χ1n) is 8.56. The third-order valence-electron chi connectivity index (χ3n) is 4.99. The summed E-state index contributed by atoms with van der Waals surface area (Å²) in [5, 5.41) is 21.3. The van der Waals surface area contributed by atoms with E-state index in [1.54, 1.807) is 0 Å². The Balaban J connectivity index is 2.51. The minimum atomic E-state index is -0.726. The Labute approximate surface area is 130 Å². The molecular weight excluding hydrogens is 265 g/mol. The van der Waals surface area contributed by atoms with E-state index in [1.165, 1.54) is 33.2 Å². The van der Waals surface area contributed by atoms with Crippen LogP contribution in [0, 0.1) is 17.8 Å². The van der Waals surface area contributed by atoms with Gasteiger partial charge < -0.3 is 15.4 Å². The molecule has 21 heavy (non-hydrogen) atoms. The number of carbonyl (C=O) groups is 1. The number of carboxylic acids is 1. The Morgan fingerprint density at radius 3 is 2.67 bits per heavy atom. The van der Waals surface area contributed by atoms with E-state index in [4.69, 9.17) is 5.02 Å². The minimum Gasteiger partial charge on any atom is -0.480 e. The third-order valence-corrected chi connectivity index (χ3v) is 4.99. The van der Waals surface area contributed by atoms with E-state index in [0.29, 0.717) is 12.2 Å². The van der Waals surface area contributed by atoms with Crippen molar-refractivity contribution in [3.05, 3.63) is 0 Å². The van der Waals surface area contributed by atoms with Crippen molar-refractivity contribution in [2.75, 3.05) is 6.54 Å². The molecule has 1 aliphatic heterocycles. The molecule has 1 fully saturated rings. The molecule has 4 atom stereocenters. The zero-order valence-corrected chi connectivity index (χ0v) is 13.6. The molecule has 1 heterocycles. The second-order valence-corrected chi connectivity index (χ2v) is 6.40. The quantitative estimate of drug-likeness (QED) is 0.405. The molecule has 5 heteroatoms. The Morgan fingerprint density at radius 2 is 2.10 bits per heavy atom. The summed E-state index contributed by atoms with van der Waals surface area (Å²) in [6.45, 7) is 5.31. The molecule has 1 saturated heterocycles. The predicted octanol–water partition coefficient (Wildman–Crippen LogP) is 2.69. The summed E-state index contributed by atoms with van der Waals surface area (Å²) in [5.41, 5.74) is 0. The van der Waals surface area contributed by atoms with Crippen LogP contribution in [0.3, 0.4) is 0 Å². The number of nitrogens with one attached hydrogen (secondary N) is 1. The standard InChI is InChI=1S/C16H31BNO3/c1-3-6-12(4-2)8-9-13-11-18-15(16(19)20)14(13)7-5-10-17-21/h12-15,18,21H,3-11H2,1-2H3,(H,19,20). The van der Waals surface area contributed by atoms with Crippen LogP contribution in [-0.2, 0) is 4.79 Å². The van der Waals surface area contributed by atoms with Gasteiger partial charge in [0.25, 0.3) is 7.48 Å². The van der Waals surface area contributed by atoms with Gasteiger partial charge in [-0.25, -0.2) is 0 Å². The van der Waals surface area contributed by atoms with Crippen molar-refractivity contribution < 1.29 is 14.9 Å². The van der Waals surface area contributed by atoms with Crippen molar-refractivity contribution in [1.29, 1.82) is 0 Å². The number of hydrogen-bond donors (Lipinski definition) is 3. The topological polar surface area (TPSA) is 69.6 Å². The van der Waals surface area contributed by atoms with E-state index >= 15 is 0 Å². The Bertz CT molecular complexity index is 301. The summed E-state index contributed by atoms with van der Waals surface area (Å²) in [5.74, 6) is 0.735. The summed E-state index contributed by atoms with van der Waals surface area (Å²) in [4.78, 5) is 11.4. The number of aliphatic carboxylic acids is 1. The molecule has 4 unspecified atom stereocenters. The Morgan fingerprint density at radius 1 is 1.33 bits per heavy atom. The van der Waals surface area contributed by atoms with E-state index in [9.17, 15) is 9.90 Å². The number of hydrogen-bond acceptors (Lipinski definition) is 3. The van der Waals surface area contributed by atoms with Gasteiger partial charge in [-0.15, -0.1) is 0 Å². The SMILES string of the molecule is CCCC(CC)CCC1CNC(C(=O)O)C1CCC[B]O. The summed E-state index contributed by atoms with van der Waals surface area (Å²) >= 11 is 0. The number of rotatable bonds is 11. The lowest BCUT2D eigenvalue weighted by molar-refractivity contribution is -0.140. The Kier molecular flexibility index (Phi) is 9.01. The van der Waals surface area contributed by atoms with E-state index in [1.807, 2.05) is 0 Å². The molecule has 121 valence electrons. The van der Waals surface area contributed by atoms with E-state index in [-0.39, 0.29) is 5.92 Å². The van der Waals surface area contributed by atoms with Gasteiger partial charge in [0.05, 0.1) is 0 Å². The molecule has 0 aliphatic carbocycles. The predicted molar refractivity (Wildman–Crippen MR) is 86.3 cm³/mol. The largest absolute Gasteiger partial charge is 0.480 e. The average molecular weight is 296 g/mol. The van der Waals surface area contributed by atoms with Gasteiger partial charge in [-0.2, -0.15) is 0 Å². The first-order valence-corrected chi connectivity index (χ1v) is 8.56. The van der Waals surface area contributed by atoms with Crippen LogP contribution in [-0.4, -0.2) is 36.2 Å². The van der Waals surface area contributed by atoms with Gasteiger partial charge in [0, 0.05) is 0 Å². The minimum absolute atomic E-state index is 0.210. The highest BCUT2D eigenvalue weighted by atomic mass is 16.4. The van der Waals surface area contributed by atoms with Gasteiger partial charge in [-0.1, -0.05) is 52.3 Å². The van der Waals surface area contributed by atoms with E-state index in [0.717, 1.165) is 31.7 Å². The highest BCUT2D eigenvalue weighted by Crippen LogP contribution is 2.33. The van der Waals surface area contributed by atoms with Gasteiger partial charge in [0.2, 0.25) is 0 Å². The van der Waals surface area contributed by atoms with Crippen LogP contribution in [0.4, 0.5) is 0 Å². The average Bonchev–Trinajstić information content (AvgIpc) is 2.87. The van der Waals surface area contributed by atoms with Crippen molar-refractivity contribution in [2.45, 2.75) is 71.2 Å². The molecule has 4 nitrogen and oxygen atoms in total. The normalized spacial score (nSPS) is 26.7. The van der Waals surface area contributed by atoms with Crippen molar-refractivity contribution in [1.82, 2.24) is 5.32 Å². The van der Waals surface area contributed by atoms with Crippen LogP contribution in [0.5, 0.6) is 0 Å².